The largest absolute Gasteiger partial charge is 0.483 e. The van der Waals surface area contributed by atoms with Crippen LogP contribution in [0.15, 0.2) is 28.7 Å². The Bertz CT molecular complexity index is 506. The minimum Gasteiger partial charge on any atom is -0.483 e. The summed E-state index contributed by atoms with van der Waals surface area (Å²) >= 11 is 3.34. The maximum Gasteiger partial charge on any atom is 0.308 e. The Morgan fingerprint density at radius 3 is 2.85 bits per heavy atom. The van der Waals surface area contributed by atoms with Crippen molar-refractivity contribution in [1.82, 2.24) is 4.90 Å². The summed E-state index contributed by atoms with van der Waals surface area (Å²) in [7, 11) is 0. The quantitative estimate of drug-likeness (QED) is 0.911. The van der Waals surface area contributed by atoms with Crippen LogP contribution < -0.4 is 4.74 Å². The first-order chi connectivity index (χ1) is 9.58. The van der Waals surface area contributed by atoms with E-state index in [1.54, 1.807) is 11.0 Å². The third-order valence-electron chi connectivity index (χ3n) is 3.31. The summed E-state index contributed by atoms with van der Waals surface area (Å²) in [5.74, 6) is -0.871. The van der Waals surface area contributed by atoms with Gasteiger partial charge in [-0.3, -0.25) is 9.59 Å². The molecule has 1 aromatic carbocycles. The molecule has 1 aliphatic rings. The Morgan fingerprint density at radius 2 is 2.15 bits per heavy atom. The van der Waals surface area contributed by atoms with Gasteiger partial charge in [0.2, 0.25) is 0 Å². The van der Waals surface area contributed by atoms with Crippen LogP contribution >= 0.6 is 15.9 Å². The van der Waals surface area contributed by atoms with E-state index in [1.165, 1.54) is 0 Å². The van der Waals surface area contributed by atoms with Gasteiger partial charge in [-0.25, -0.2) is 0 Å². The SMILES string of the molecule is O=C(O)C1CCCN(C(=O)COc2ccccc2Br)C1. The standard InChI is InChI=1S/C14H16BrNO4/c15-11-5-1-2-6-12(11)20-9-13(17)16-7-3-4-10(8-16)14(18)19/h1-2,5-6,10H,3-4,7-9H2,(H,18,19). The van der Waals surface area contributed by atoms with Crippen LogP contribution in [-0.2, 0) is 9.59 Å². The van der Waals surface area contributed by atoms with E-state index in [4.69, 9.17) is 9.84 Å². The maximum absolute atomic E-state index is 12.0. The predicted molar refractivity (Wildman–Crippen MR) is 76.6 cm³/mol. The van der Waals surface area contributed by atoms with Gasteiger partial charge in [0.25, 0.3) is 5.91 Å². The van der Waals surface area contributed by atoms with Crippen LogP contribution in [0.1, 0.15) is 12.8 Å². The average molecular weight is 342 g/mol. The third kappa shape index (κ3) is 3.72. The van der Waals surface area contributed by atoms with E-state index in [0.717, 1.165) is 10.9 Å². The Hall–Kier alpha value is -1.56. The van der Waals surface area contributed by atoms with E-state index in [0.29, 0.717) is 18.7 Å². The van der Waals surface area contributed by atoms with Crippen LogP contribution in [0, 0.1) is 5.92 Å². The van der Waals surface area contributed by atoms with Gasteiger partial charge in [-0.05, 0) is 40.9 Å². The van der Waals surface area contributed by atoms with Crippen LogP contribution in [-0.4, -0.2) is 41.6 Å². The smallest absolute Gasteiger partial charge is 0.308 e. The highest BCUT2D eigenvalue weighted by Crippen LogP contribution is 2.24. The van der Waals surface area contributed by atoms with Gasteiger partial charge in [0.05, 0.1) is 10.4 Å². The molecule has 1 N–H and O–H groups in total. The van der Waals surface area contributed by atoms with Gasteiger partial charge < -0.3 is 14.7 Å². The molecule has 1 aliphatic heterocycles. The number of carboxylic acid groups (broad SMARTS) is 1. The number of ether oxygens (including phenoxy) is 1. The zero-order valence-corrected chi connectivity index (χ0v) is 12.5. The fourth-order valence-electron chi connectivity index (χ4n) is 2.20. The fourth-order valence-corrected chi connectivity index (χ4v) is 2.60. The maximum atomic E-state index is 12.0. The van der Waals surface area contributed by atoms with Crippen molar-refractivity contribution in [2.24, 2.45) is 5.92 Å². The molecule has 1 saturated heterocycles. The van der Waals surface area contributed by atoms with Crippen molar-refractivity contribution in [3.8, 4) is 5.75 Å². The number of hydrogen-bond donors (Lipinski definition) is 1. The van der Waals surface area contributed by atoms with Gasteiger partial charge >= 0.3 is 5.97 Å². The lowest BCUT2D eigenvalue weighted by Gasteiger charge is -2.30. The number of piperidine rings is 1. The Morgan fingerprint density at radius 1 is 1.40 bits per heavy atom. The van der Waals surface area contributed by atoms with Crippen molar-refractivity contribution in [3.05, 3.63) is 28.7 Å². The molecule has 108 valence electrons. The molecule has 0 radical (unpaired) electrons. The number of likely N-dealkylation sites (tertiary alicyclic amines) is 1. The zero-order chi connectivity index (χ0) is 14.5. The van der Waals surface area contributed by atoms with Gasteiger partial charge in [0, 0.05) is 13.1 Å². The first-order valence-electron chi connectivity index (χ1n) is 6.46. The molecule has 1 heterocycles. The van der Waals surface area contributed by atoms with E-state index in [1.807, 2.05) is 18.2 Å². The minimum absolute atomic E-state index is 0.0745. The van der Waals surface area contributed by atoms with Crippen LogP contribution in [0.2, 0.25) is 0 Å². The molecule has 0 saturated carbocycles. The molecule has 0 aromatic heterocycles. The Kier molecular flexibility index (Phi) is 5.00. The summed E-state index contributed by atoms with van der Waals surface area (Å²) < 4.78 is 6.25. The van der Waals surface area contributed by atoms with Crippen molar-refractivity contribution >= 4 is 27.8 Å². The number of carbonyl (C=O) groups is 2. The lowest BCUT2D eigenvalue weighted by molar-refractivity contribution is -0.146. The molecule has 5 nitrogen and oxygen atoms in total. The summed E-state index contributed by atoms with van der Waals surface area (Å²) in [6.07, 6.45) is 1.35. The molecular formula is C14H16BrNO4. The number of amides is 1. The third-order valence-corrected chi connectivity index (χ3v) is 3.97. The highest BCUT2D eigenvalue weighted by molar-refractivity contribution is 9.10. The van der Waals surface area contributed by atoms with Crippen molar-refractivity contribution in [1.29, 1.82) is 0 Å². The number of benzene rings is 1. The number of rotatable bonds is 4. The Balaban J connectivity index is 1.89. The van der Waals surface area contributed by atoms with E-state index in [9.17, 15) is 9.59 Å². The second-order valence-electron chi connectivity index (χ2n) is 4.74. The number of carbonyl (C=O) groups excluding carboxylic acids is 1. The van der Waals surface area contributed by atoms with Crippen molar-refractivity contribution in [3.63, 3.8) is 0 Å². The molecule has 1 amide bonds. The molecule has 20 heavy (non-hydrogen) atoms. The summed E-state index contributed by atoms with van der Waals surface area (Å²) in [6.45, 7) is 0.796. The summed E-state index contributed by atoms with van der Waals surface area (Å²) in [5.41, 5.74) is 0. The molecule has 1 aromatic rings. The minimum atomic E-state index is -0.839. The number of hydrogen-bond acceptors (Lipinski definition) is 3. The van der Waals surface area contributed by atoms with Gasteiger partial charge in [-0.2, -0.15) is 0 Å². The van der Waals surface area contributed by atoms with Crippen molar-refractivity contribution < 1.29 is 19.4 Å². The van der Waals surface area contributed by atoms with Gasteiger partial charge in [-0.1, -0.05) is 12.1 Å². The molecule has 0 spiro atoms. The molecule has 1 atom stereocenters. The number of aliphatic carboxylic acids is 1. The lowest BCUT2D eigenvalue weighted by atomic mass is 9.98. The second kappa shape index (κ2) is 6.74. The van der Waals surface area contributed by atoms with Crippen LogP contribution in [0.3, 0.4) is 0 Å². The van der Waals surface area contributed by atoms with Gasteiger partial charge in [-0.15, -0.1) is 0 Å². The molecular weight excluding hydrogens is 326 g/mol. The molecule has 6 heteroatoms. The summed E-state index contributed by atoms with van der Waals surface area (Å²) in [4.78, 5) is 24.6. The van der Waals surface area contributed by atoms with E-state index in [-0.39, 0.29) is 19.1 Å². The number of carboxylic acids is 1. The molecule has 2 rings (SSSR count). The van der Waals surface area contributed by atoms with Gasteiger partial charge in [0.1, 0.15) is 5.75 Å². The van der Waals surface area contributed by atoms with Gasteiger partial charge in [0.15, 0.2) is 6.61 Å². The van der Waals surface area contributed by atoms with E-state index < -0.39 is 11.9 Å². The van der Waals surface area contributed by atoms with E-state index >= 15 is 0 Å². The Labute approximate surface area is 125 Å². The van der Waals surface area contributed by atoms with E-state index in [2.05, 4.69) is 15.9 Å². The molecule has 1 fully saturated rings. The summed E-state index contributed by atoms with van der Waals surface area (Å²) in [6, 6.07) is 7.29. The molecule has 1 unspecified atom stereocenters. The molecule has 0 aliphatic carbocycles. The highest BCUT2D eigenvalue weighted by Gasteiger charge is 2.28. The number of halogens is 1. The zero-order valence-electron chi connectivity index (χ0n) is 10.9. The first-order valence-corrected chi connectivity index (χ1v) is 7.25. The normalized spacial score (nSPS) is 18.6. The number of para-hydroxylation sites is 1. The lowest BCUT2D eigenvalue weighted by Crippen LogP contribution is -2.44. The van der Waals surface area contributed by atoms with Crippen LogP contribution in [0.4, 0.5) is 0 Å². The van der Waals surface area contributed by atoms with Crippen molar-refractivity contribution in [2.45, 2.75) is 12.8 Å². The monoisotopic (exact) mass is 341 g/mol. The first kappa shape index (κ1) is 14.8. The molecule has 0 bridgehead atoms. The fraction of sp³-hybridized carbons (Fsp3) is 0.429. The average Bonchev–Trinajstić information content (AvgIpc) is 2.46. The van der Waals surface area contributed by atoms with Crippen LogP contribution in [0.5, 0.6) is 5.75 Å². The summed E-state index contributed by atoms with van der Waals surface area (Å²) in [5, 5.41) is 9.01. The van der Waals surface area contributed by atoms with Crippen LogP contribution in [0.25, 0.3) is 0 Å². The predicted octanol–water partition coefficient (Wildman–Crippen LogP) is 2.15. The van der Waals surface area contributed by atoms with Crippen molar-refractivity contribution in [2.75, 3.05) is 19.7 Å². The topological polar surface area (TPSA) is 66.8 Å². The highest BCUT2D eigenvalue weighted by atomic mass is 79.9. The number of nitrogens with zero attached hydrogens (tertiary/aromatic N) is 1. The second-order valence-corrected chi connectivity index (χ2v) is 5.59.